The summed E-state index contributed by atoms with van der Waals surface area (Å²) in [5, 5.41) is 10.8. The third-order valence-electron chi connectivity index (χ3n) is 5.77. The average molecular weight is 447 g/mol. The number of benzene rings is 1. The molecule has 1 saturated carbocycles. The van der Waals surface area contributed by atoms with E-state index in [-0.39, 0.29) is 39.5 Å². The molecule has 0 radical (unpaired) electrons. The van der Waals surface area contributed by atoms with Crippen LogP contribution in [-0.2, 0) is 14.4 Å². The van der Waals surface area contributed by atoms with Gasteiger partial charge in [-0.25, -0.2) is 0 Å². The van der Waals surface area contributed by atoms with Crippen LogP contribution >= 0.6 is 15.9 Å². The summed E-state index contributed by atoms with van der Waals surface area (Å²) in [5.74, 6) is -2.10. The Balaban J connectivity index is 2.14. The summed E-state index contributed by atoms with van der Waals surface area (Å²) in [6.45, 7) is 7.70. The Kier molecular flexibility index (Phi) is 5.43. The SMILES string of the molecule is CC1(C)CC(=O)C([C@@H](C2=C(O)CC(C)(C)CC2=O)c2ccc(Br)cc2)C(=O)C1. The highest BCUT2D eigenvalue weighted by Gasteiger charge is 2.48. The fraction of sp³-hybridized carbons (Fsp3) is 0.522. The number of hydrogen-bond donors (Lipinski definition) is 1. The minimum absolute atomic E-state index is 0.0135. The second-order valence-corrected chi connectivity index (χ2v) is 10.7. The number of rotatable bonds is 3. The van der Waals surface area contributed by atoms with Gasteiger partial charge in [-0.05, 0) is 28.5 Å². The summed E-state index contributed by atoms with van der Waals surface area (Å²) in [7, 11) is 0. The largest absolute Gasteiger partial charge is 0.512 e. The molecule has 4 nitrogen and oxygen atoms in total. The Bertz CT molecular complexity index is 841. The first-order valence-corrected chi connectivity index (χ1v) is 10.5. The minimum Gasteiger partial charge on any atom is -0.512 e. The molecule has 0 spiro atoms. The molecule has 1 N–H and O–H groups in total. The Morgan fingerprint density at radius 2 is 1.39 bits per heavy atom. The van der Waals surface area contributed by atoms with Crippen LogP contribution in [0.25, 0.3) is 0 Å². The van der Waals surface area contributed by atoms with Crippen molar-refractivity contribution in [2.24, 2.45) is 16.7 Å². The van der Waals surface area contributed by atoms with Crippen LogP contribution in [0.5, 0.6) is 0 Å². The molecule has 28 heavy (non-hydrogen) atoms. The molecule has 0 saturated heterocycles. The molecular formula is C23H27BrO4. The van der Waals surface area contributed by atoms with Crippen molar-refractivity contribution in [3.8, 4) is 0 Å². The molecule has 5 heteroatoms. The first kappa shape index (κ1) is 21.0. The van der Waals surface area contributed by atoms with Crippen molar-refractivity contribution in [3.05, 3.63) is 45.6 Å². The Labute approximate surface area is 174 Å². The zero-order chi connectivity index (χ0) is 20.9. The topological polar surface area (TPSA) is 71.4 Å². The van der Waals surface area contributed by atoms with Gasteiger partial charge >= 0.3 is 0 Å². The quantitative estimate of drug-likeness (QED) is 0.638. The van der Waals surface area contributed by atoms with E-state index in [2.05, 4.69) is 15.9 Å². The number of carbonyl (C=O) groups is 3. The van der Waals surface area contributed by atoms with Gasteiger partial charge in [0.05, 0.1) is 5.92 Å². The van der Waals surface area contributed by atoms with E-state index in [1.165, 1.54) is 0 Å². The van der Waals surface area contributed by atoms with Gasteiger partial charge in [0.1, 0.15) is 17.3 Å². The smallest absolute Gasteiger partial charge is 0.163 e. The predicted molar refractivity (Wildman–Crippen MR) is 111 cm³/mol. The maximum absolute atomic E-state index is 13.0. The van der Waals surface area contributed by atoms with Crippen molar-refractivity contribution >= 4 is 33.3 Å². The molecule has 2 aliphatic rings. The molecule has 2 aliphatic carbocycles. The summed E-state index contributed by atoms with van der Waals surface area (Å²) >= 11 is 3.40. The van der Waals surface area contributed by atoms with E-state index in [1.54, 1.807) is 0 Å². The lowest BCUT2D eigenvalue weighted by Crippen LogP contribution is -2.43. The molecule has 1 aromatic carbocycles. The molecule has 0 amide bonds. The molecule has 0 heterocycles. The van der Waals surface area contributed by atoms with Crippen molar-refractivity contribution in [1.82, 2.24) is 0 Å². The normalized spacial score (nSPS) is 23.8. The van der Waals surface area contributed by atoms with Crippen molar-refractivity contribution < 1.29 is 19.5 Å². The fourth-order valence-corrected chi connectivity index (χ4v) is 4.89. The van der Waals surface area contributed by atoms with E-state index in [0.29, 0.717) is 31.2 Å². The molecule has 0 aliphatic heterocycles. The van der Waals surface area contributed by atoms with Crippen molar-refractivity contribution in [1.29, 1.82) is 0 Å². The Morgan fingerprint density at radius 3 is 1.89 bits per heavy atom. The maximum atomic E-state index is 13.0. The fourth-order valence-electron chi connectivity index (χ4n) is 4.63. The van der Waals surface area contributed by atoms with Gasteiger partial charge in [0, 0.05) is 41.6 Å². The predicted octanol–water partition coefficient (Wildman–Crippen LogP) is 5.31. The third kappa shape index (κ3) is 4.14. The van der Waals surface area contributed by atoms with E-state index in [9.17, 15) is 19.5 Å². The third-order valence-corrected chi connectivity index (χ3v) is 6.30. The van der Waals surface area contributed by atoms with Crippen LogP contribution in [0.2, 0.25) is 0 Å². The number of ketones is 3. The van der Waals surface area contributed by atoms with Crippen molar-refractivity contribution in [2.45, 2.75) is 59.3 Å². The summed E-state index contributed by atoms with van der Waals surface area (Å²) in [5.41, 5.74) is 0.249. The number of halogens is 1. The van der Waals surface area contributed by atoms with Crippen LogP contribution in [0.1, 0.15) is 64.9 Å². The van der Waals surface area contributed by atoms with Gasteiger partial charge in [-0.15, -0.1) is 0 Å². The molecule has 0 bridgehead atoms. The summed E-state index contributed by atoms with van der Waals surface area (Å²) in [4.78, 5) is 39.1. The second-order valence-electron chi connectivity index (χ2n) is 9.76. The molecule has 0 unspecified atom stereocenters. The van der Waals surface area contributed by atoms with Crippen LogP contribution in [0.3, 0.4) is 0 Å². The monoisotopic (exact) mass is 446 g/mol. The van der Waals surface area contributed by atoms with Crippen LogP contribution < -0.4 is 0 Å². The number of aliphatic hydroxyl groups is 1. The Morgan fingerprint density at radius 1 is 0.893 bits per heavy atom. The minimum atomic E-state index is -0.920. The number of aliphatic hydroxyl groups excluding tert-OH is 1. The second kappa shape index (κ2) is 7.25. The van der Waals surface area contributed by atoms with E-state index in [1.807, 2.05) is 52.0 Å². The maximum Gasteiger partial charge on any atom is 0.163 e. The highest BCUT2D eigenvalue weighted by Crippen LogP contribution is 2.47. The van der Waals surface area contributed by atoms with Gasteiger partial charge < -0.3 is 5.11 Å². The molecular weight excluding hydrogens is 420 g/mol. The van der Waals surface area contributed by atoms with E-state index < -0.39 is 11.8 Å². The lowest BCUT2D eigenvalue weighted by Gasteiger charge is -2.39. The van der Waals surface area contributed by atoms with E-state index in [4.69, 9.17) is 0 Å². The van der Waals surface area contributed by atoms with Gasteiger partial charge in [-0.3, -0.25) is 14.4 Å². The van der Waals surface area contributed by atoms with Crippen LogP contribution in [-0.4, -0.2) is 22.5 Å². The molecule has 150 valence electrons. The number of carbonyl (C=O) groups excluding carboxylic acids is 3. The molecule has 3 rings (SSSR count). The van der Waals surface area contributed by atoms with E-state index >= 15 is 0 Å². The first-order chi connectivity index (χ1) is 12.9. The van der Waals surface area contributed by atoms with Crippen molar-refractivity contribution in [2.75, 3.05) is 0 Å². The number of allylic oxidation sites excluding steroid dienone is 2. The van der Waals surface area contributed by atoms with Gasteiger partial charge in [-0.1, -0.05) is 55.8 Å². The Hall–Kier alpha value is -1.75. The number of Topliss-reactive ketones (excluding diaryl/α,β-unsaturated/α-hetero) is 3. The van der Waals surface area contributed by atoms with Crippen molar-refractivity contribution in [3.63, 3.8) is 0 Å². The molecule has 1 aromatic rings. The number of hydrogen-bond acceptors (Lipinski definition) is 4. The first-order valence-electron chi connectivity index (χ1n) is 9.66. The highest BCUT2D eigenvalue weighted by atomic mass is 79.9. The van der Waals surface area contributed by atoms with Gasteiger partial charge in [0.15, 0.2) is 5.78 Å². The van der Waals surface area contributed by atoms with Crippen LogP contribution in [0.4, 0.5) is 0 Å². The van der Waals surface area contributed by atoms with Gasteiger partial charge in [0.25, 0.3) is 0 Å². The average Bonchev–Trinajstić information content (AvgIpc) is 2.50. The zero-order valence-electron chi connectivity index (χ0n) is 16.8. The summed E-state index contributed by atoms with van der Waals surface area (Å²) in [6, 6.07) is 7.31. The highest BCUT2D eigenvalue weighted by molar-refractivity contribution is 9.10. The standard InChI is InChI=1S/C23H27BrO4/c1-22(2)9-15(25)20(16(26)10-22)19(13-5-7-14(24)8-6-13)21-17(27)11-23(3,4)12-18(21)28/h5-8,19-20,27H,9-12H2,1-4H3/t19-/m0/s1. The summed E-state index contributed by atoms with van der Waals surface area (Å²) < 4.78 is 0.867. The lowest BCUT2D eigenvalue weighted by atomic mass is 9.62. The van der Waals surface area contributed by atoms with Crippen LogP contribution in [0.15, 0.2) is 40.1 Å². The summed E-state index contributed by atoms with van der Waals surface area (Å²) in [6.07, 6.45) is 1.25. The van der Waals surface area contributed by atoms with E-state index in [0.717, 1.165) is 4.47 Å². The lowest BCUT2D eigenvalue weighted by molar-refractivity contribution is -0.140. The molecule has 1 atom stereocenters. The van der Waals surface area contributed by atoms with Gasteiger partial charge in [-0.2, -0.15) is 0 Å². The molecule has 0 aromatic heterocycles. The zero-order valence-corrected chi connectivity index (χ0v) is 18.4. The molecule has 1 fully saturated rings. The van der Waals surface area contributed by atoms with Crippen LogP contribution in [0, 0.1) is 16.7 Å². The van der Waals surface area contributed by atoms with Gasteiger partial charge in [0.2, 0.25) is 0 Å².